The highest BCUT2D eigenvalue weighted by molar-refractivity contribution is 5.79. The number of piperidine rings is 1. The molecule has 2 aromatic heterocycles. The number of carbonyl (C=O) groups is 2. The molecule has 46 heavy (non-hydrogen) atoms. The number of aromatic nitrogens is 4. The molecule has 1 N–H and O–H groups in total. The molecule has 4 aromatic rings. The molecule has 0 bridgehead atoms. The van der Waals surface area contributed by atoms with Gasteiger partial charge in [0.05, 0.1) is 22.9 Å². The Bertz CT molecular complexity index is 1630. The number of para-hydroxylation sites is 2. The summed E-state index contributed by atoms with van der Waals surface area (Å²) in [5.41, 5.74) is 4.57. The van der Waals surface area contributed by atoms with Gasteiger partial charge in [0.25, 0.3) is 0 Å². The van der Waals surface area contributed by atoms with E-state index in [-0.39, 0.29) is 18.2 Å². The Labute approximate surface area is 272 Å². The largest absolute Gasteiger partial charge is 0.444 e. The number of imidazole rings is 2. The van der Waals surface area contributed by atoms with E-state index in [0.29, 0.717) is 26.1 Å². The van der Waals surface area contributed by atoms with Crippen molar-refractivity contribution in [1.82, 2.24) is 29.3 Å². The van der Waals surface area contributed by atoms with Crippen LogP contribution in [0.15, 0.2) is 54.7 Å². The van der Waals surface area contributed by atoms with Crippen LogP contribution in [0.3, 0.4) is 0 Å². The summed E-state index contributed by atoms with van der Waals surface area (Å²) in [6.07, 6.45) is 4.79. The molecule has 10 heteroatoms. The summed E-state index contributed by atoms with van der Waals surface area (Å²) in [6.45, 7) is 10.3. The lowest BCUT2D eigenvalue weighted by Crippen LogP contribution is -2.46. The SMILES string of the molecule is COCCCn1c([C@@H]2CCCN(C(=O)C[C@@H](Cc3ccc(-c4cnc(C)n4C)cc3)NC(=O)OC(C)(C)C)C2)nc2ccccc21. The van der Waals surface area contributed by atoms with Gasteiger partial charge in [-0.05, 0) is 76.6 Å². The lowest BCUT2D eigenvalue weighted by Gasteiger charge is -2.34. The number of hydrogen-bond acceptors (Lipinski definition) is 6. The maximum atomic E-state index is 13.9. The summed E-state index contributed by atoms with van der Waals surface area (Å²) in [5.74, 6) is 2.13. The minimum atomic E-state index is -0.643. The molecule has 246 valence electrons. The fourth-order valence-corrected chi connectivity index (χ4v) is 6.28. The third kappa shape index (κ3) is 8.15. The molecule has 0 aliphatic carbocycles. The van der Waals surface area contributed by atoms with E-state index < -0.39 is 17.7 Å². The first-order valence-corrected chi connectivity index (χ1v) is 16.3. The van der Waals surface area contributed by atoms with Gasteiger partial charge in [-0.2, -0.15) is 0 Å². The first-order valence-electron chi connectivity index (χ1n) is 16.3. The quantitative estimate of drug-likeness (QED) is 0.204. The van der Waals surface area contributed by atoms with Gasteiger partial charge in [0.15, 0.2) is 0 Å². The monoisotopic (exact) mass is 628 g/mol. The number of aryl methyl sites for hydroxylation is 2. The lowest BCUT2D eigenvalue weighted by molar-refractivity contribution is -0.132. The smallest absolute Gasteiger partial charge is 0.407 e. The van der Waals surface area contributed by atoms with Crippen molar-refractivity contribution in [2.24, 2.45) is 7.05 Å². The van der Waals surface area contributed by atoms with Gasteiger partial charge in [-0.15, -0.1) is 0 Å². The van der Waals surface area contributed by atoms with Crippen molar-refractivity contribution in [3.63, 3.8) is 0 Å². The van der Waals surface area contributed by atoms with E-state index in [1.54, 1.807) is 7.11 Å². The molecule has 1 aliphatic rings. The van der Waals surface area contributed by atoms with Crippen LogP contribution in [0.5, 0.6) is 0 Å². The first kappa shape index (κ1) is 33.2. The summed E-state index contributed by atoms with van der Waals surface area (Å²) >= 11 is 0. The molecule has 1 saturated heterocycles. The molecule has 3 heterocycles. The Kier molecular flexibility index (Phi) is 10.5. The van der Waals surface area contributed by atoms with Crippen LogP contribution >= 0.6 is 0 Å². The number of fused-ring (bicyclic) bond motifs is 1. The topological polar surface area (TPSA) is 104 Å². The number of rotatable bonds is 11. The van der Waals surface area contributed by atoms with Crippen molar-refractivity contribution in [1.29, 1.82) is 0 Å². The predicted octanol–water partition coefficient (Wildman–Crippen LogP) is 6.01. The summed E-state index contributed by atoms with van der Waals surface area (Å²) in [4.78, 5) is 38.1. The molecule has 0 saturated carbocycles. The van der Waals surface area contributed by atoms with Gasteiger partial charge in [0, 0.05) is 58.8 Å². The molecule has 2 atom stereocenters. The van der Waals surface area contributed by atoms with Crippen LogP contribution in [0, 0.1) is 6.92 Å². The van der Waals surface area contributed by atoms with Gasteiger partial charge < -0.3 is 28.8 Å². The highest BCUT2D eigenvalue weighted by Gasteiger charge is 2.30. The number of nitrogens with zero attached hydrogens (tertiary/aromatic N) is 5. The van der Waals surface area contributed by atoms with E-state index >= 15 is 0 Å². The molecular weight excluding hydrogens is 580 g/mol. The molecule has 0 spiro atoms. The summed E-state index contributed by atoms with van der Waals surface area (Å²) in [7, 11) is 3.72. The van der Waals surface area contributed by atoms with Crippen LogP contribution in [0.25, 0.3) is 22.3 Å². The molecular formula is C36H48N6O4. The Morgan fingerprint density at radius 3 is 2.57 bits per heavy atom. The van der Waals surface area contributed by atoms with Crippen LogP contribution in [-0.2, 0) is 34.3 Å². The number of hydrogen-bond donors (Lipinski definition) is 1. The zero-order valence-corrected chi connectivity index (χ0v) is 28.1. The Morgan fingerprint density at radius 2 is 1.87 bits per heavy atom. The molecule has 2 aromatic carbocycles. The fraction of sp³-hybridized carbons (Fsp3) is 0.500. The highest BCUT2D eigenvalue weighted by Crippen LogP contribution is 2.30. The minimum absolute atomic E-state index is 0.0229. The number of likely N-dealkylation sites (tertiary alicyclic amines) is 1. The normalized spacial score (nSPS) is 16.0. The van der Waals surface area contributed by atoms with Gasteiger partial charge in [-0.1, -0.05) is 36.4 Å². The van der Waals surface area contributed by atoms with E-state index in [1.165, 1.54) is 0 Å². The van der Waals surface area contributed by atoms with E-state index in [2.05, 4.69) is 55.8 Å². The van der Waals surface area contributed by atoms with Crippen molar-refractivity contribution in [3.05, 3.63) is 71.9 Å². The van der Waals surface area contributed by atoms with Crippen LogP contribution in [0.1, 0.15) is 69.6 Å². The molecule has 10 nitrogen and oxygen atoms in total. The Hall–Kier alpha value is -4.18. The van der Waals surface area contributed by atoms with Crippen molar-refractivity contribution in [2.45, 2.75) is 83.9 Å². The highest BCUT2D eigenvalue weighted by atomic mass is 16.6. The van der Waals surface area contributed by atoms with Gasteiger partial charge in [0.2, 0.25) is 5.91 Å². The maximum absolute atomic E-state index is 13.9. The number of methoxy groups -OCH3 is 1. The second-order valence-electron chi connectivity index (χ2n) is 13.3. The summed E-state index contributed by atoms with van der Waals surface area (Å²) < 4.78 is 15.3. The molecule has 1 aliphatic heterocycles. The number of nitrogens with one attached hydrogen (secondary N) is 1. The number of benzene rings is 2. The number of alkyl carbamates (subject to hydrolysis) is 1. The third-order valence-corrected chi connectivity index (χ3v) is 8.65. The average Bonchev–Trinajstić information content (AvgIpc) is 3.56. The van der Waals surface area contributed by atoms with Crippen molar-refractivity contribution in [3.8, 4) is 11.3 Å². The molecule has 0 unspecified atom stereocenters. The van der Waals surface area contributed by atoms with E-state index in [1.807, 2.05) is 58.0 Å². The Morgan fingerprint density at radius 1 is 1.11 bits per heavy atom. The average molecular weight is 629 g/mol. The summed E-state index contributed by atoms with van der Waals surface area (Å²) in [6, 6.07) is 16.0. The first-order chi connectivity index (χ1) is 22.0. The van der Waals surface area contributed by atoms with Crippen molar-refractivity contribution < 1.29 is 19.1 Å². The van der Waals surface area contributed by atoms with Crippen LogP contribution in [0.4, 0.5) is 4.79 Å². The fourth-order valence-electron chi connectivity index (χ4n) is 6.28. The zero-order valence-electron chi connectivity index (χ0n) is 28.1. The molecule has 2 amide bonds. The van der Waals surface area contributed by atoms with Crippen LogP contribution in [0.2, 0.25) is 0 Å². The van der Waals surface area contributed by atoms with Gasteiger partial charge in [-0.3, -0.25) is 4.79 Å². The number of carbonyl (C=O) groups excluding carboxylic acids is 2. The second-order valence-corrected chi connectivity index (χ2v) is 13.3. The van der Waals surface area contributed by atoms with Crippen LogP contribution in [-0.4, -0.2) is 74.5 Å². The molecule has 0 radical (unpaired) electrons. The third-order valence-electron chi connectivity index (χ3n) is 8.65. The second kappa shape index (κ2) is 14.5. The van der Waals surface area contributed by atoms with Crippen molar-refractivity contribution in [2.75, 3.05) is 26.8 Å². The van der Waals surface area contributed by atoms with E-state index in [4.69, 9.17) is 14.5 Å². The van der Waals surface area contributed by atoms with E-state index in [0.717, 1.165) is 65.3 Å². The maximum Gasteiger partial charge on any atom is 0.407 e. The standard InChI is InChI=1S/C36H48N6O4/c1-25-37-23-32(40(25)5)27-16-14-26(15-17-27)21-29(38-35(44)46-36(2,3)4)22-33(43)41-18-9-11-28(24-41)34-39-30-12-7-8-13-31(30)42(34)19-10-20-45-6/h7-8,12-17,23,28-29H,9-11,18-22,24H2,1-6H3,(H,38,44)/t28-,29-/m1/s1. The molecule has 5 rings (SSSR count). The summed E-state index contributed by atoms with van der Waals surface area (Å²) in [5, 5.41) is 3.00. The zero-order chi connectivity index (χ0) is 32.8. The number of amides is 2. The number of ether oxygens (including phenoxy) is 2. The van der Waals surface area contributed by atoms with Crippen molar-refractivity contribution >= 4 is 23.0 Å². The van der Waals surface area contributed by atoms with Gasteiger partial charge in [0.1, 0.15) is 17.2 Å². The minimum Gasteiger partial charge on any atom is -0.444 e. The predicted molar refractivity (Wildman–Crippen MR) is 180 cm³/mol. The van der Waals surface area contributed by atoms with Gasteiger partial charge in [-0.25, -0.2) is 14.8 Å². The van der Waals surface area contributed by atoms with Gasteiger partial charge >= 0.3 is 6.09 Å². The van der Waals surface area contributed by atoms with E-state index in [9.17, 15) is 9.59 Å². The Balaban J connectivity index is 1.31. The van der Waals surface area contributed by atoms with Crippen LogP contribution < -0.4 is 5.32 Å². The lowest BCUT2D eigenvalue weighted by atomic mass is 9.95. The molecule has 1 fully saturated rings.